The number of rotatable bonds is 6. The number of unbranched alkanes of at least 4 members (excludes halogenated alkanes) is 1. The van der Waals surface area contributed by atoms with Crippen LogP contribution >= 0.6 is 0 Å². The molecular formula is C14H21N. The van der Waals surface area contributed by atoms with Crippen molar-refractivity contribution in [1.29, 1.82) is 0 Å². The summed E-state index contributed by atoms with van der Waals surface area (Å²) in [5.74, 6) is 0. The van der Waals surface area contributed by atoms with E-state index in [0.717, 1.165) is 25.7 Å². The highest BCUT2D eigenvalue weighted by atomic mass is 14.6. The second kappa shape index (κ2) is 6.41. The van der Waals surface area contributed by atoms with Crippen molar-refractivity contribution in [3.05, 3.63) is 48.0 Å². The van der Waals surface area contributed by atoms with Crippen molar-refractivity contribution in [3.8, 4) is 0 Å². The van der Waals surface area contributed by atoms with Crippen LogP contribution in [-0.2, 0) is 6.42 Å². The van der Waals surface area contributed by atoms with Gasteiger partial charge in [0.15, 0.2) is 0 Å². The van der Waals surface area contributed by atoms with Crippen LogP contribution in [0.1, 0.15) is 43.4 Å². The number of allylic oxidation sites excluding steroid dienone is 1. The summed E-state index contributed by atoms with van der Waals surface area (Å²) in [7, 11) is 0. The Morgan fingerprint density at radius 1 is 1.40 bits per heavy atom. The van der Waals surface area contributed by atoms with Gasteiger partial charge in [0.2, 0.25) is 0 Å². The van der Waals surface area contributed by atoms with Gasteiger partial charge >= 0.3 is 0 Å². The minimum absolute atomic E-state index is 0.185. The van der Waals surface area contributed by atoms with Gasteiger partial charge in [-0.25, -0.2) is 0 Å². The van der Waals surface area contributed by atoms with Crippen molar-refractivity contribution in [2.45, 2.75) is 38.6 Å². The zero-order valence-electron chi connectivity index (χ0n) is 9.58. The summed E-state index contributed by atoms with van der Waals surface area (Å²) < 4.78 is 0. The van der Waals surface area contributed by atoms with Crippen LogP contribution in [0.15, 0.2) is 36.9 Å². The SMILES string of the molecule is C=CCCCc1ccccc1C(N)CC. The lowest BCUT2D eigenvalue weighted by Gasteiger charge is -2.14. The maximum absolute atomic E-state index is 6.08. The first-order valence-electron chi connectivity index (χ1n) is 5.73. The van der Waals surface area contributed by atoms with Gasteiger partial charge in [-0.1, -0.05) is 37.3 Å². The van der Waals surface area contributed by atoms with Crippen LogP contribution in [0.25, 0.3) is 0 Å². The first-order valence-corrected chi connectivity index (χ1v) is 5.73. The van der Waals surface area contributed by atoms with E-state index < -0.39 is 0 Å². The molecule has 1 heteroatoms. The molecule has 0 saturated carbocycles. The Kier molecular flexibility index (Phi) is 5.13. The molecule has 1 aromatic rings. The Morgan fingerprint density at radius 3 is 2.80 bits per heavy atom. The summed E-state index contributed by atoms with van der Waals surface area (Å²) in [6.07, 6.45) is 6.32. The molecule has 1 rings (SSSR count). The van der Waals surface area contributed by atoms with Gasteiger partial charge in [-0.2, -0.15) is 0 Å². The highest BCUT2D eigenvalue weighted by Crippen LogP contribution is 2.20. The lowest BCUT2D eigenvalue weighted by atomic mass is 9.96. The molecule has 0 heterocycles. The van der Waals surface area contributed by atoms with Gasteiger partial charge in [-0.15, -0.1) is 6.58 Å². The molecule has 0 saturated heterocycles. The average Bonchev–Trinajstić information content (AvgIpc) is 2.29. The van der Waals surface area contributed by atoms with Gasteiger partial charge in [0.1, 0.15) is 0 Å². The van der Waals surface area contributed by atoms with Crippen molar-refractivity contribution in [2.24, 2.45) is 5.73 Å². The van der Waals surface area contributed by atoms with Gasteiger partial charge < -0.3 is 5.73 Å². The Bertz CT molecular complexity index is 304. The molecule has 15 heavy (non-hydrogen) atoms. The molecule has 0 radical (unpaired) electrons. The third kappa shape index (κ3) is 3.52. The highest BCUT2D eigenvalue weighted by molar-refractivity contribution is 5.29. The fraction of sp³-hybridized carbons (Fsp3) is 0.429. The van der Waals surface area contributed by atoms with E-state index in [1.54, 1.807) is 0 Å². The molecule has 0 aliphatic carbocycles. The van der Waals surface area contributed by atoms with E-state index in [0.29, 0.717) is 0 Å². The second-order valence-corrected chi connectivity index (χ2v) is 3.89. The number of aryl methyl sites for hydroxylation is 1. The van der Waals surface area contributed by atoms with Crippen molar-refractivity contribution in [1.82, 2.24) is 0 Å². The third-order valence-corrected chi connectivity index (χ3v) is 2.75. The molecule has 2 N–H and O–H groups in total. The summed E-state index contributed by atoms with van der Waals surface area (Å²) in [5, 5.41) is 0. The van der Waals surface area contributed by atoms with E-state index in [-0.39, 0.29) is 6.04 Å². The number of hydrogen-bond donors (Lipinski definition) is 1. The third-order valence-electron chi connectivity index (χ3n) is 2.75. The molecule has 1 unspecified atom stereocenters. The van der Waals surface area contributed by atoms with Crippen LogP contribution < -0.4 is 5.73 Å². The zero-order valence-corrected chi connectivity index (χ0v) is 9.58. The van der Waals surface area contributed by atoms with Crippen LogP contribution in [-0.4, -0.2) is 0 Å². The average molecular weight is 203 g/mol. The van der Waals surface area contributed by atoms with Gasteiger partial charge in [-0.3, -0.25) is 0 Å². The lowest BCUT2D eigenvalue weighted by Crippen LogP contribution is -2.11. The fourth-order valence-corrected chi connectivity index (χ4v) is 1.78. The van der Waals surface area contributed by atoms with Crippen LogP contribution in [0.2, 0.25) is 0 Å². The molecule has 0 aliphatic heterocycles. The van der Waals surface area contributed by atoms with E-state index >= 15 is 0 Å². The van der Waals surface area contributed by atoms with E-state index in [2.05, 4.69) is 37.8 Å². The molecule has 0 spiro atoms. The van der Waals surface area contributed by atoms with E-state index in [9.17, 15) is 0 Å². The van der Waals surface area contributed by atoms with Crippen molar-refractivity contribution in [2.75, 3.05) is 0 Å². The molecule has 0 aromatic heterocycles. The van der Waals surface area contributed by atoms with E-state index in [4.69, 9.17) is 5.73 Å². The normalized spacial score (nSPS) is 12.4. The first-order chi connectivity index (χ1) is 7.29. The molecular weight excluding hydrogens is 182 g/mol. The van der Waals surface area contributed by atoms with Gasteiger partial charge in [0.05, 0.1) is 0 Å². The van der Waals surface area contributed by atoms with Crippen LogP contribution in [0.4, 0.5) is 0 Å². The Hall–Kier alpha value is -1.08. The monoisotopic (exact) mass is 203 g/mol. The van der Waals surface area contributed by atoms with Crippen molar-refractivity contribution < 1.29 is 0 Å². The van der Waals surface area contributed by atoms with Crippen LogP contribution in [0.5, 0.6) is 0 Å². The summed E-state index contributed by atoms with van der Waals surface area (Å²) >= 11 is 0. The van der Waals surface area contributed by atoms with Gasteiger partial charge in [0.25, 0.3) is 0 Å². The molecule has 82 valence electrons. The summed E-state index contributed by atoms with van der Waals surface area (Å²) in [6.45, 7) is 5.87. The van der Waals surface area contributed by atoms with Crippen LogP contribution in [0.3, 0.4) is 0 Å². The quantitative estimate of drug-likeness (QED) is 0.555. The topological polar surface area (TPSA) is 26.0 Å². The van der Waals surface area contributed by atoms with E-state index in [1.165, 1.54) is 11.1 Å². The lowest BCUT2D eigenvalue weighted by molar-refractivity contribution is 0.683. The Balaban J connectivity index is 2.72. The molecule has 0 aliphatic rings. The number of hydrogen-bond acceptors (Lipinski definition) is 1. The Labute approximate surface area is 93.0 Å². The zero-order chi connectivity index (χ0) is 11.1. The molecule has 0 bridgehead atoms. The predicted octanol–water partition coefficient (Wildman–Crippen LogP) is 3.61. The number of nitrogens with two attached hydrogens (primary N) is 1. The maximum Gasteiger partial charge on any atom is 0.0294 e. The molecule has 1 aromatic carbocycles. The van der Waals surface area contributed by atoms with Crippen molar-refractivity contribution >= 4 is 0 Å². The highest BCUT2D eigenvalue weighted by Gasteiger charge is 2.07. The predicted molar refractivity (Wildman–Crippen MR) is 66.8 cm³/mol. The van der Waals surface area contributed by atoms with Gasteiger partial charge in [0, 0.05) is 6.04 Å². The van der Waals surface area contributed by atoms with Crippen LogP contribution in [0, 0.1) is 0 Å². The largest absolute Gasteiger partial charge is 0.324 e. The minimum atomic E-state index is 0.185. The summed E-state index contributed by atoms with van der Waals surface area (Å²) in [6, 6.07) is 8.69. The summed E-state index contributed by atoms with van der Waals surface area (Å²) in [5.41, 5.74) is 8.79. The molecule has 0 fully saturated rings. The van der Waals surface area contributed by atoms with Gasteiger partial charge in [-0.05, 0) is 36.8 Å². The first kappa shape index (κ1) is 12.0. The maximum atomic E-state index is 6.08. The van der Waals surface area contributed by atoms with Crippen molar-refractivity contribution in [3.63, 3.8) is 0 Å². The fourth-order valence-electron chi connectivity index (χ4n) is 1.78. The second-order valence-electron chi connectivity index (χ2n) is 3.89. The molecule has 0 amide bonds. The van der Waals surface area contributed by atoms with E-state index in [1.807, 2.05) is 6.08 Å². The summed E-state index contributed by atoms with van der Waals surface area (Å²) in [4.78, 5) is 0. The minimum Gasteiger partial charge on any atom is -0.324 e. The molecule has 1 atom stereocenters. The number of benzene rings is 1. The molecule has 1 nitrogen and oxygen atoms in total. The standard InChI is InChI=1S/C14H21N/c1-3-5-6-9-12-10-7-8-11-13(12)14(15)4-2/h3,7-8,10-11,14H,1,4-6,9,15H2,2H3. The smallest absolute Gasteiger partial charge is 0.0294 e. The Morgan fingerprint density at radius 2 is 2.13 bits per heavy atom.